The number of nitrogens with zero attached hydrogens (tertiary/aromatic N) is 1. The maximum atomic E-state index is 12.9. The zero-order valence-electron chi connectivity index (χ0n) is 16.4. The van der Waals surface area contributed by atoms with Crippen LogP contribution in [-0.4, -0.2) is 32.1 Å². The fourth-order valence-corrected chi connectivity index (χ4v) is 3.16. The third kappa shape index (κ3) is 5.15. The zero-order valence-corrected chi connectivity index (χ0v) is 16.4. The van der Waals surface area contributed by atoms with Gasteiger partial charge in [0.25, 0.3) is 0 Å². The van der Waals surface area contributed by atoms with Crippen molar-refractivity contribution in [3.8, 4) is 5.75 Å². The summed E-state index contributed by atoms with van der Waals surface area (Å²) in [4.78, 5) is 14.7. The molecule has 30 heavy (non-hydrogen) atoms. The SMILES string of the molecule is O=C(/C=C/c1ccc(COc2ccc(F)cc2)o1)c1ccc(N2CCOCC2)cc1. The molecule has 1 aliphatic rings. The largest absolute Gasteiger partial charge is 0.486 e. The van der Waals surface area contributed by atoms with Crippen molar-refractivity contribution < 1.29 is 23.1 Å². The van der Waals surface area contributed by atoms with E-state index in [1.54, 1.807) is 30.3 Å². The Hall–Kier alpha value is -3.38. The number of hydrogen-bond acceptors (Lipinski definition) is 5. The van der Waals surface area contributed by atoms with Gasteiger partial charge >= 0.3 is 0 Å². The molecule has 0 saturated carbocycles. The number of carbonyl (C=O) groups excluding carboxylic acids is 1. The van der Waals surface area contributed by atoms with Crippen LogP contribution >= 0.6 is 0 Å². The normalized spacial score (nSPS) is 14.2. The van der Waals surface area contributed by atoms with Crippen molar-refractivity contribution >= 4 is 17.5 Å². The quantitative estimate of drug-likeness (QED) is 0.419. The molecule has 1 aromatic heterocycles. The van der Waals surface area contributed by atoms with Crippen molar-refractivity contribution in [1.29, 1.82) is 0 Å². The Morgan fingerprint density at radius 2 is 1.73 bits per heavy atom. The highest BCUT2D eigenvalue weighted by Gasteiger charge is 2.11. The molecular formula is C24H22FNO4. The number of hydrogen-bond donors (Lipinski definition) is 0. The maximum absolute atomic E-state index is 12.9. The molecule has 6 heteroatoms. The fraction of sp³-hybridized carbons (Fsp3) is 0.208. The smallest absolute Gasteiger partial charge is 0.185 e. The number of allylic oxidation sites excluding steroid dienone is 1. The molecule has 0 unspecified atom stereocenters. The summed E-state index contributed by atoms with van der Waals surface area (Å²) in [6.45, 7) is 3.39. The molecule has 0 N–H and O–H groups in total. The summed E-state index contributed by atoms with van der Waals surface area (Å²) in [6, 6.07) is 16.9. The van der Waals surface area contributed by atoms with E-state index in [2.05, 4.69) is 4.90 Å². The Labute approximate surface area is 174 Å². The number of benzene rings is 2. The third-order valence-electron chi connectivity index (χ3n) is 4.80. The minimum absolute atomic E-state index is 0.0935. The average Bonchev–Trinajstić information content (AvgIpc) is 3.26. The van der Waals surface area contributed by atoms with Gasteiger partial charge in [0.1, 0.15) is 29.7 Å². The summed E-state index contributed by atoms with van der Waals surface area (Å²) in [5, 5.41) is 0. The van der Waals surface area contributed by atoms with Gasteiger partial charge in [0.05, 0.1) is 13.2 Å². The number of anilines is 1. The maximum Gasteiger partial charge on any atom is 0.185 e. The zero-order chi connectivity index (χ0) is 20.8. The van der Waals surface area contributed by atoms with E-state index in [4.69, 9.17) is 13.9 Å². The number of morpholine rings is 1. The highest BCUT2D eigenvalue weighted by Crippen LogP contribution is 2.18. The van der Waals surface area contributed by atoms with E-state index in [0.717, 1.165) is 32.0 Å². The Bertz CT molecular complexity index is 1000. The Kier molecular flexibility index (Phi) is 6.25. The number of ketones is 1. The molecule has 0 spiro atoms. The summed E-state index contributed by atoms with van der Waals surface area (Å²) in [6.07, 6.45) is 3.13. The second kappa shape index (κ2) is 9.41. The molecule has 5 nitrogen and oxygen atoms in total. The molecule has 154 valence electrons. The van der Waals surface area contributed by atoms with E-state index >= 15 is 0 Å². The van der Waals surface area contributed by atoms with Crippen LogP contribution in [0.2, 0.25) is 0 Å². The van der Waals surface area contributed by atoms with Crippen LogP contribution in [-0.2, 0) is 11.3 Å². The number of halogens is 1. The van der Waals surface area contributed by atoms with Crippen molar-refractivity contribution in [2.45, 2.75) is 6.61 Å². The molecule has 1 saturated heterocycles. The monoisotopic (exact) mass is 407 g/mol. The molecule has 0 bridgehead atoms. The predicted octanol–water partition coefficient (Wildman–Crippen LogP) is 4.73. The van der Waals surface area contributed by atoms with Crippen LogP contribution in [0.5, 0.6) is 5.75 Å². The van der Waals surface area contributed by atoms with Crippen molar-refractivity contribution in [1.82, 2.24) is 0 Å². The van der Waals surface area contributed by atoms with Gasteiger partial charge in [-0.1, -0.05) is 0 Å². The van der Waals surface area contributed by atoms with Gasteiger partial charge in [0.2, 0.25) is 0 Å². The summed E-state index contributed by atoms with van der Waals surface area (Å²) < 4.78 is 29.5. The molecule has 0 atom stereocenters. The Balaban J connectivity index is 1.32. The van der Waals surface area contributed by atoms with Crippen molar-refractivity contribution in [2.24, 2.45) is 0 Å². The molecule has 2 heterocycles. The molecule has 4 rings (SSSR count). The standard InChI is InChI=1S/C24H22FNO4/c25-19-3-7-21(8-4-19)29-17-23-10-9-22(30-23)11-12-24(27)18-1-5-20(6-2-18)26-13-15-28-16-14-26/h1-12H,13-17H2/b12-11+. The van der Waals surface area contributed by atoms with Gasteiger partial charge in [-0.15, -0.1) is 0 Å². The summed E-state index contributed by atoms with van der Waals surface area (Å²) in [5.74, 6) is 1.32. The van der Waals surface area contributed by atoms with Crippen LogP contribution < -0.4 is 9.64 Å². The fourth-order valence-electron chi connectivity index (χ4n) is 3.16. The molecule has 1 aliphatic heterocycles. The lowest BCUT2D eigenvalue weighted by molar-refractivity contribution is 0.104. The minimum Gasteiger partial charge on any atom is -0.486 e. The molecule has 0 aliphatic carbocycles. The minimum atomic E-state index is -0.312. The van der Waals surface area contributed by atoms with Gasteiger partial charge in [-0.05, 0) is 72.8 Å². The van der Waals surface area contributed by atoms with Gasteiger partial charge in [-0.2, -0.15) is 0 Å². The summed E-state index contributed by atoms with van der Waals surface area (Å²) in [5.41, 5.74) is 1.71. The van der Waals surface area contributed by atoms with Crippen LogP contribution in [0.25, 0.3) is 6.08 Å². The van der Waals surface area contributed by atoms with Gasteiger partial charge < -0.3 is 18.8 Å². The first kappa shape index (κ1) is 19.9. The number of rotatable bonds is 7. The van der Waals surface area contributed by atoms with Crippen LogP contribution in [0.1, 0.15) is 21.9 Å². The Morgan fingerprint density at radius 3 is 2.47 bits per heavy atom. The van der Waals surface area contributed by atoms with Crippen LogP contribution in [0.15, 0.2) is 71.2 Å². The highest BCUT2D eigenvalue weighted by atomic mass is 19.1. The third-order valence-corrected chi connectivity index (χ3v) is 4.80. The lowest BCUT2D eigenvalue weighted by Crippen LogP contribution is -2.36. The Morgan fingerprint density at radius 1 is 1.00 bits per heavy atom. The van der Waals surface area contributed by atoms with E-state index < -0.39 is 0 Å². The molecule has 2 aromatic carbocycles. The van der Waals surface area contributed by atoms with E-state index in [-0.39, 0.29) is 18.2 Å². The van der Waals surface area contributed by atoms with E-state index in [9.17, 15) is 9.18 Å². The van der Waals surface area contributed by atoms with E-state index in [0.29, 0.717) is 22.8 Å². The first-order chi connectivity index (χ1) is 14.7. The number of carbonyl (C=O) groups is 1. The van der Waals surface area contributed by atoms with Crippen molar-refractivity contribution in [2.75, 3.05) is 31.2 Å². The second-order valence-corrected chi connectivity index (χ2v) is 6.89. The van der Waals surface area contributed by atoms with Crippen LogP contribution in [0.3, 0.4) is 0 Å². The van der Waals surface area contributed by atoms with Crippen LogP contribution in [0.4, 0.5) is 10.1 Å². The van der Waals surface area contributed by atoms with Gasteiger partial charge in [-0.25, -0.2) is 4.39 Å². The number of furan rings is 1. The molecular weight excluding hydrogens is 385 g/mol. The molecule has 0 amide bonds. The first-order valence-corrected chi connectivity index (χ1v) is 9.80. The van der Waals surface area contributed by atoms with Crippen LogP contribution in [0, 0.1) is 5.82 Å². The summed E-state index contributed by atoms with van der Waals surface area (Å²) in [7, 11) is 0. The predicted molar refractivity (Wildman–Crippen MR) is 112 cm³/mol. The number of ether oxygens (including phenoxy) is 2. The molecule has 1 fully saturated rings. The second-order valence-electron chi connectivity index (χ2n) is 6.89. The first-order valence-electron chi connectivity index (χ1n) is 9.80. The van der Waals surface area contributed by atoms with Crippen molar-refractivity contribution in [3.05, 3.63) is 89.6 Å². The lowest BCUT2D eigenvalue weighted by atomic mass is 10.1. The topological polar surface area (TPSA) is 51.9 Å². The van der Waals surface area contributed by atoms with Gasteiger partial charge in [-0.3, -0.25) is 4.79 Å². The molecule has 0 radical (unpaired) electrons. The van der Waals surface area contributed by atoms with Gasteiger partial charge in [0, 0.05) is 24.3 Å². The van der Waals surface area contributed by atoms with Crippen molar-refractivity contribution in [3.63, 3.8) is 0 Å². The average molecular weight is 407 g/mol. The van der Waals surface area contributed by atoms with E-state index in [1.807, 2.05) is 24.3 Å². The molecule has 3 aromatic rings. The van der Waals surface area contributed by atoms with E-state index in [1.165, 1.54) is 18.2 Å². The van der Waals surface area contributed by atoms with Gasteiger partial charge in [0.15, 0.2) is 5.78 Å². The lowest BCUT2D eigenvalue weighted by Gasteiger charge is -2.28. The summed E-state index contributed by atoms with van der Waals surface area (Å²) >= 11 is 0. The highest BCUT2D eigenvalue weighted by molar-refractivity contribution is 6.06.